The molecule has 0 radical (unpaired) electrons. The molecule has 3 amide bonds. The minimum atomic E-state index is -0.828. The molecule has 0 aromatic heterocycles. The monoisotopic (exact) mass is 494 g/mol. The highest BCUT2D eigenvalue weighted by Crippen LogP contribution is 2.32. The Morgan fingerprint density at radius 3 is 2.39 bits per heavy atom. The van der Waals surface area contributed by atoms with Gasteiger partial charge in [-0.1, -0.05) is 30.3 Å². The zero-order valence-electron chi connectivity index (χ0n) is 20.6. The molecule has 8 nitrogen and oxygen atoms in total. The van der Waals surface area contributed by atoms with E-state index in [1.807, 2.05) is 30.0 Å². The maximum Gasteiger partial charge on any atom is 0.338 e. The molecule has 2 aliphatic heterocycles. The van der Waals surface area contributed by atoms with E-state index in [4.69, 9.17) is 4.74 Å². The number of nitrogens with one attached hydrogen (secondary N) is 1. The molecule has 0 saturated carbocycles. The first kappa shape index (κ1) is 25.4. The summed E-state index contributed by atoms with van der Waals surface area (Å²) in [6.07, 6.45) is 0. The summed E-state index contributed by atoms with van der Waals surface area (Å²) in [5, 5.41) is 2.85. The molecule has 1 N–H and O–H groups in total. The lowest BCUT2D eigenvalue weighted by molar-refractivity contribution is -0.139. The van der Waals surface area contributed by atoms with E-state index in [-0.39, 0.29) is 18.5 Å². The SMILES string of the molecule is CCOC(=O)C1=C(CN2CCN(C(=O)c3ccccc3)CC2)N(CC)C(=O)N[C@@H]1c1cccc(F)c1. The molecule has 0 aliphatic carbocycles. The summed E-state index contributed by atoms with van der Waals surface area (Å²) >= 11 is 0. The first-order chi connectivity index (χ1) is 17.4. The van der Waals surface area contributed by atoms with E-state index in [1.165, 1.54) is 17.0 Å². The molecule has 1 atom stereocenters. The van der Waals surface area contributed by atoms with Crippen molar-refractivity contribution in [1.29, 1.82) is 0 Å². The predicted molar refractivity (Wildman–Crippen MR) is 132 cm³/mol. The second kappa shape index (κ2) is 11.3. The summed E-state index contributed by atoms with van der Waals surface area (Å²) in [5.74, 6) is -1.01. The fourth-order valence-corrected chi connectivity index (χ4v) is 4.68. The normalized spacial score (nSPS) is 18.8. The Bertz CT molecular complexity index is 1150. The quantitative estimate of drug-likeness (QED) is 0.598. The number of urea groups is 1. The number of ether oxygens (including phenoxy) is 1. The number of benzene rings is 2. The fraction of sp³-hybridized carbons (Fsp3) is 0.370. The topological polar surface area (TPSA) is 82.2 Å². The largest absolute Gasteiger partial charge is 0.463 e. The van der Waals surface area contributed by atoms with Gasteiger partial charge in [0.1, 0.15) is 5.82 Å². The van der Waals surface area contributed by atoms with Gasteiger partial charge in [-0.2, -0.15) is 0 Å². The number of carbonyl (C=O) groups is 3. The van der Waals surface area contributed by atoms with Crippen LogP contribution >= 0.6 is 0 Å². The summed E-state index contributed by atoms with van der Waals surface area (Å²) in [4.78, 5) is 44.5. The van der Waals surface area contributed by atoms with Crippen LogP contribution in [0.15, 0.2) is 65.9 Å². The van der Waals surface area contributed by atoms with Crippen molar-refractivity contribution < 1.29 is 23.5 Å². The second-order valence-electron chi connectivity index (χ2n) is 8.70. The smallest absolute Gasteiger partial charge is 0.338 e. The number of halogens is 1. The Kier molecular flexibility index (Phi) is 8.00. The van der Waals surface area contributed by atoms with Crippen molar-refractivity contribution in [1.82, 2.24) is 20.0 Å². The Morgan fingerprint density at radius 2 is 1.75 bits per heavy atom. The Balaban J connectivity index is 1.60. The van der Waals surface area contributed by atoms with E-state index >= 15 is 0 Å². The lowest BCUT2D eigenvalue weighted by atomic mass is 9.94. The van der Waals surface area contributed by atoms with Gasteiger partial charge in [0.15, 0.2) is 0 Å². The van der Waals surface area contributed by atoms with Gasteiger partial charge < -0.3 is 15.0 Å². The van der Waals surface area contributed by atoms with Crippen molar-refractivity contribution in [2.45, 2.75) is 19.9 Å². The van der Waals surface area contributed by atoms with E-state index in [0.717, 1.165) is 0 Å². The third kappa shape index (κ3) is 5.41. The maximum absolute atomic E-state index is 14.0. The number of likely N-dealkylation sites (N-methyl/N-ethyl adjacent to an activating group) is 1. The minimum Gasteiger partial charge on any atom is -0.463 e. The van der Waals surface area contributed by atoms with Gasteiger partial charge in [-0.05, 0) is 43.7 Å². The maximum atomic E-state index is 14.0. The summed E-state index contributed by atoms with van der Waals surface area (Å²) in [6, 6.07) is 13.8. The van der Waals surface area contributed by atoms with Gasteiger partial charge in [0.2, 0.25) is 0 Å². The van der Waals surface area contributed by atoms with Gasteiger partial charge in [0.05, 0.1) is 18.2 Å². The molecule has 2 aliphatic rings. The number of rotatable bonds is 7. The molecular formula is C27H31FN4O4. The van der Waals surface area contributed by atoms with Crippen LogP contribution in [0.3, 0.4) is 0 Å². The zero-order valence-corrected chi connectivity index (χ0v) is 20.6. The average molecular weight is 495 g/mol. The second-order valence-corrected chi connectivity index (χ2v) is 8.70. The van der Waals surface area contributed by atoms with Crippen LogP contribution in [0.2, 0.25) is 0 Å². The first-order valence-corrected chi connectivity index (χ1v) is 12.2. The summed E-state index contributed by atoms with van der Waals surface area (Å²) < 4.78 is 19.4. The molecule has 0 unspecified atom stereocenters. The van der Waals surface area contributed by atoms with Gasteiger partial charge in [0.25, 0.3) is 5.91 Å². The van der Waals surface area contributed by atoms with Gasteiger partial charge in [-0.15, -0.1) is 0 Å². The van der Waals surface area contributed by atoms with Crippen LogP contribution in [0.4, 0.5) is 9.18 Å². The lowest BCUT2D eigenvalue weighted by Crippen LogP contribution is -2.53. The number of piperazine rings is 1. The van der Waals surface area contributed by atoms with E-state index in [9.17, 15) is 18.8 Å². The van der Waals surface area contributed by atoms with Crippen LogP contribution in [0, 0.1) is 5.82 Å². The van der Waals surface area contributed by atoms with Crippen LogP contribution in [-0.4, -0.2) is 78.5 Å². The van der Waals surface area contributed by atoms with Crippen LogP contribution in [0.25, 0.3) is 0 Å². The molecule has 2 heterocycles. The number of nitrogens with zero attached hydrogens (tertiary/aromatic N) is 3. The third-order valence-electron chi connectivity index (χ3n) is 6.49. The molecule has 0 bridgehead atoms. The molecule has 190 valence electrons. The van der Waals surface area contributed by atoms with Crippen molar-refractivity contribution in [3.63, 3.8) is 0 Å². The number of hydrogen-bond acceptors (Lipinski definition) is 5. The zero-order chi connectivity index (χ0) is 25.7. The van der Waals surface area contributed by atoms with E-state index in [2.05, 4.69) is 10.2 Å². The molecule has 0 spiro atoms. The molecule has 1 saturated heterocycles. The summed E-state index contributed by atoms with van der Waals surface area (Å²) in [6.45, 7) is 6.64. The molecule has 4 rings (SSSR count). The molecular weight excluding hydrogens is 463 g/mol. The van der Waals surface area contributed by atoms with Gasteiger partial charge >= 0.3 is 12.0 Å². The van der Waals surface area contributed by atoms with E-state index < -0.39 is 17.8 Å². The van der Waals surface area contributed by atoms with Crippen molar-refractivity contribution in [2.75, 3.05) is 45.9 Å². The van der Waals surface area contributed by atoms with E-state index in [1.54, 1.807) is 31.2 Å². The number of carbonyl (C=O) groups excluding carboxylic acids is 3. The Labute approximate surface area is 210 Å². The van der Waals surface area contributed by atoms with E-state index in [0.29, 0.717) is 61.7 Å². The van der Waals surface area contributed by atoms with Crippen LogP contribution < -0.4 is 5.32 Å². The highest BCUT2D eigenvalue weighted by atomic mass is 19.1. The fourth-order valence-electron chi connectivity index (χ4n) is 4.68. The highest BCUT2D eigenvalue weighted by molar-refractivity contribution is 5.95. The number of esters is 1. The predicted octanol–water partition coefficient (Wildman–Crippen LogP) is 3.19. The van der Waals surface area contributed by atoms with Crippen LogP contribution in [0.5, 0.6) is 0 Å². The van der Waals surface area contributed by atoms with Crippen molar-refractivity contribution in [2.24, 2.45) is 0 Å². The molecule has 2 aromatic rings. The standard InChI is InChI=1S/C27H31FN4O4/c1-3-32-22(18-30-13-15-31(16-14-30)25(33)19-9-6-5-7-10-19)23(26(34)36-4-2)24(29-27(32)35)20-11-8-12-21(28)17-20/h5-12,17,24H,3-4,13-16,18H2,1-2H3,(H,29,35)/t24-/m1/s1. The van der Waals surface area contributed by atoms with Gasteiger partial charge in [-0.25, -0.2) is 14.0 Å². The summed E-state index contributed by atoms with van der Waals surface area (Å²) in [5.41, 5.74) is 1.96. The van der Waals surface area contributed by atoms with Crippen LogP contribution in [-0.2, 0) is 9.53 Å². The van der Waals surface area contributed by atoms with Crippen molar-refractivity contribution in [3.8, 4) is 0 Å². The Morgan fingerprint density at radius 1 is 1.03 bits per heavy atom. The highest BCUT2D eigenvalue weighted by Gasteiger charge is 2.38. The molecule has 36 heavy (non-hydrogen) atoms. The minimum absolute atomic E-state index is 0.0138. The first-order valence-electron chi connectivity index (χ1n) is 12.2. The van der Waals surface area contributed by atoms with Gasteiger partial charge in [-0.3, -0.25) is 14.6 Å². The lowest BCUT2D eigenvalue weighted by Gasteiger charge is -2.40. The van der Waals surface area contributed by atoms with Crippen molar-refractivity contribution in [3.05, 3.63) is 82.8 Å². The molecule has 2 aromatic carbocycles. The number of amides is 3. The Hall–Kier alpha value is -3.72. The summed E-state index contributed by atoms with van der Waals surface area (Å²) in [7, 11) is 0. The third-order valence-corrected chi connectivity index (χ3v) is 6.49. The van der Waals surface area contributed by atoms with Crippen molar-refractivity contribution >= 4 is 17.9 Å². The molecule has 1 fully saturated rings. The average Bonchev–Trinajstić information content (AvgIpc) is 2.89. The number of hydrogen-bond donors (Lipinski definition) is 1. The van der Waals surface area contributed by atoms with Gasteiger partial charge in [0, 0.05) is 50.5 Å². The molecule has 9 heteroatoms. The van der Waals surface area contributed by atoms with Crippen LogP contribution in [0.1, 0.15) is 35.8 Å².